The lowest BCUT2D eigenvalue weighted by Gasteiger charge is -2.16. The van der Waals surface area contributed by atoms with Gasteiger partial charge in [-0.15, -0.1) is 0 Å². The summed E-state index contributed by atoms with van der Waals surface area (Å²) in [4.78, 5) is 11.2. The Hall–Kier alpha value is -0.970. The molecule has 0 aromatic heterocycles. The third-order valence-corrected chi connectivity index (χ3v) is 3.60. The van der Waals surface area contributed by atoms with Crippen molar-refractivity contribution in [3.8, 4) is 5.75 Å². The number of benzene rings is 1. The van der Waals surface area contributed by atoms with Gasteiger partial charge < -0.3 is 15.2 Å². The van der Waals surface area contributed by atoms with Crippen molar-refractivity contribution in [1.29, 1.82) is 0 Å². The molecule has 1 atom stereocenters. The first kappa shape index (κ1) is 18.1. The molecule has 6 heteroatoms. The number of nitrogens with one attached hydrogen (secondary N) is 1. The standard InChI is InChI=1S/C15H21Cl2NO3/c1-9(2)4-11(15(19)20)8-18-7-10-5-12(16)6-13(17)14(10)21-3/h5-6,9,11,18H,4,7-8H2,1-3H3,(H,19,20). The average molecular weight is 334 g/mol. The Morgan fingerprint density at radius 2 is 2.05 bits per heavy atom. The minimum atomic E-state index is -0.785. The topological polar surface area (TPSA) is 58.6 Å². The van der Waals surface area contributed by atoms with Crippen molar-refractivity contribution in [3.05, 3.63) is 27.7 Å². The monoisotopic (exact) mass is 333 g/mol. The zero-order valence-corrected chi connectivity index (χ0v) is 14.0. The van der Waals surface area contributed by atoms with Crippen LogP contribution in [0.25, 0.3) is 0 Å². The normalized spacial score (nSPS) is 12.5. The number of halogens is 2. The van der Waals surface area contributed by atoms with Gasteiger partial charge >= 0.3 is 5.97 Å². The van der Waals surface area contributed by atoms with Crippen molar-refractivity contribution in [2.75, 3.05) is 13.7 Å². The molecular formula is C15H21Cl2NO3. The van der Waals surface area contributed by atoms with E-state index in [1.54, 1.807) is 12.1 Å². The Labute approximate surface area is 135 Å². The summed E-state index contributed by atoms with van der Waals surface area (Å²) in [7, 11) is 1.54. The Morgan fingerprint density at radius 1 is 1.38 bits per heavy atom. The van der Waals surface area contributed by atoms with Gasteiger partial charge in [0.2, 0.25) is 0 Å². The zero-order chi connectivity index (χ0) is 16.0. The van der Waals surface area contributed by atoms with Gasteiger partial charge in [0.05, 0.1) is 18.1 Å². The van der Waals surface area contributed by atoms with Gasteiger partial charge in [0.25, 0.3) is 0 Å². The van der Waals surface area contributed by atoms with Crippen molar-refractivity contribution in [1.82, 2.24) is 5.32 Å². The van der Waals surface area contributed by atoms with Gasteiger partial charge in [-0.05, 0) is 24.5 Å². The van der Waals surface area contributed by atoms with E-state index < -0.39 is 11.9 Å². The van der Waals surface area contributed by atoms with E-state index in [0.29, 0.717) is 41.2 Å². The highest BCUT2D eigenvalue weighted by Crippen LogP contribution is 2.32. The number of carboxylic acid groups (broad SMARTS) is 1. The Balaban J connectivity index is 2.68. The van der Waals surface area contributed by atoms with Crippen molar-refractivity contribution in [3.63, 3.8) is 0 Å². The number of aliphatic carboxylic acids is 1. The van der Waals surface area contributed by atoms with Gasteiger partial charge in [-0.25, -0.2) is 0 Å². The van der Waals surface area contributed by atoms with Crippen LogP contribution in [0.5, 0.6) is 5.75 Å². The smallest absolute Gasteiger partial charge is 0.307 e. The van der Waals surface area contributed by atoms with Gasteiger partial charge in [-0.1, -0.05) is 37.0 Å². The van der Waals surface area contributed by atoms with E-state index in [4.69, 9.17) is 27.9 Å². The predicted molar refractivity (Wildman–Crippen MR) is 85.3 cm³/mol. The lowest BCUT2D eigenvalue weighted by Crippen LogP contribution is -2.29. The van der Waals surface area contributed by atoms with Crippen LogP contribution in [-0.2, 0) is 11.3 Å². The maximum atomic E-state index is 11.2. The quantitative estimate of drug-likeness (QED) is 0.758. The van der Waals surface area contributed by atoms with Crippen molar-refractivity contribution in [2.45, 2.75) is 26.8 Å². The van der Waals surface area contributed by atoms with E-state index in [-0.39, 0.29) is 0 Å². The van der Waals surface area contributed by atoms with Crippen LogP contribution in [0.15, 0.2) is 12.1 Å². The molecule has 1 unspecified atom stereocenters. The van der Waals surface area contributed by atoms with E-state index in [1.165, 1.54) is 7.11 Å². The summed E-state index contributed by atoms with van der Waals surface area (Å²) < 4.78 is 5.25. The van der Waals surface area contributed by atoms with Crippen LogP contribution in [0.3, 0.4) is 0 Å². The largest absolute Gasteiger partial charge is 0.495 e. The summed E-state index contributed by atoms with van der Waals surface area (Å²) in [6.07, 6.45) is 0.635. The molecule has 1 rings (SSSR count). The maximum absolute atomic E-state index is 11.2. The number of carbonyl (C=O) groups is 1. The summed E-state index contributed by atoms with van der Waals surface area (Å²) in [5.41, 5.74) is 0.809. The van der Waals surface area contributed by atoms with Crippen LogP contribution in [0.1, 0.15) is 25.8 Å². The molecule has 0 saturated carbocycles. The van der Waals surface area contributed by atoms with Gasteiger partial charge in [-0.3, -0.25) is 4.79 Å². The van der Waals surface area contributed by atoms with Gasteiger partial charge in [-0.2, -0.15) is 0 Å². The molecule has 1 aromatic carbocycles. The molecule has 4 nitrogen and oxygen atoms in total. The zero-order valence-electron chi connectivity index (χ0n) is 12.5. The van der Waals surface area contributed by atoms with Gasteiger partial charge in [0.15, 0.2) is 0 Å². The molecule has 21 heavy (non-hydrogen) atoms. The highest BCUT2D eigenvalue weighted by Gasteiger charge is 2.19. The number of hydrogen-bond donors (Lipinski definition) is 2. The SMILES string of the molecule is COc1c(Cl)cc(Cl)cc1CNCC(CC(C)C)C(=O)O. The number of hydrogen-bond acceptors (Lipinski definition) is 3. The first-order valence-electron chi connectivity index (χ1n) is 6.80. The second kappa shape index (κ2) is 8.47. The Morgan fingerprint density at radius 3 is 2.57 bits per heavy atom. The fraction of sp³-hybridized carbons (Fsp3) is 0.533. The van der Waals surface area contributed by atoms with Gasteiger partial charge in [0, 0.05) is 23.7 Å². The second-order valence-electron chi connectivity index (χ2n) is 5.38. The Kier molecular flexibility index (Phi) is 7.29. The first-order valence-corrected chi connectivity index (χ1v) is 7.56. The number of ether oxygens (including phenoxy) is 1. The van der Waals surface area contributed by atoms with E-state index in [9.17, 15) is 9.90 Å². The molecule has 0 radical (unpaired) electrons. The molecule has 0 spiro atoms. The highest BCUT2D eigenvalue weighted by atomic mass is 35.5. The van der Waals surface area contributed by atoms with Crippen LogP contribution in [-0.4, -0.2) is 24.7 Å². The van der Waals surface area contributed by atoms with Crippen LogP contribution in [0, 0.1) is 11.8 Å². The molecule has 0 aliphatic carbocycles. The second-order valence-corrected chi connectivity index (χ2v) is 6.22. The van der Waals surface area contributed by atoms with E-state index >= 15 is 0 Å². The summed E-state index contributed by atoms with van der Waals surface area (Å²) in [6.45, 7) is 4.86. The summed E-state index contributed by atoms with van der Waals surface area (Å²) in [5, 5.41) is 13.3. The van der Waals surface area contributed by atoms with Crippen LogP contribution < -0.4 is 10.1 Å². The van der Waals surface area contributed by atoms with E-state index in [2.05, 4.69) is 5.32 Å². The molecule has 2 N–H and O–H groups in total. The third kappa shape index (κ3) is 5.73. The Bertz CT molecular complexity index is 492. The maximum Gasteiger partial charge on any atom is 0.307 e. The molecule has 0 heterocycles. The van der Waals surface area contributed by atoms with E-state index in [0.717, 1.165) is 5.56 Å². The fourth-order valence-corrected chi connectivity index (χ4v) is 2.81. The molecule has 118 valence electrons. The van der Waals surface area contributed by atoms with Crippen molar-refractivity contribution in [2.24, 2.45) is 11.8 Å². The van der Waals surface area contributed by atoms with Crippen molar-refractivity contribution < 1.29 is 14.6 Å². The molecule has 0 bridgehead atoms. The minimum absolute atomic E-state index is 0.336. The molecule has 0 saturated heterocycles. The summed E-state index contributed by atoms with van der Waals surface area (Å²) in [6, 6.07) is 3.38. The van der Waals surface area contributed by atoms with Crippen LogP contribution >= 0.6 is 23.2 Å². The summed E-state index contributed by atoms with van der Waals surface area (Å²) in [5.74, 6) is -0.301. The lowest BCUT2D eigenvalue weighted by molar-refractivity contribution is -0.142. The van der Waals surface area contributed by atoms with Gasteiger partial charge in [0.1, 0.15) is 5.75 Å². The molecule has 0 fully saturated rings. The van der Waals surface area contributed by atoms with Crippen LogP contribution in [0.2, 0.25) is 10.0 Å². The van der Waals surface area contributed by atoms with E-state index in [1.807, 2.05) is 13.8 Å². The first-order chi connectivity index (χ1) is 9.85. The third-order valence-electron chi connectivity index (χ3n) is 3.10. The number of carboxylic acids is 1. The minimum Gasteiger partial charge on any atom is -0.495 e. The van der Waals surface area contributed by atoms with Crippen LogP contribution in [0.4, 0.5) is 0 Å². The molecular weight excluding hydrogens is 313 g/mol. The lowest BCUT2D eigenvalue weighted by atomic mass is 9.97. The molecule has 1 aromatic rings. The fourth-order valence-electron chi connectivity index (χ4n) is 2.20. The molecule has 0 amide bonds. The summed E-state index contributed by atoms with van der Waals surface area (Å²) >= 11 is 12.0. The number of rotatable bonds is 8. The molecule has 0 aliphatic rings. The highest BCUT2D eigenvalue weighted by molar-refractivity contribution is 6.35. The number of methoxy groups -OCH3 is 1. The molecule has 0 aliphatic heterocycles. The predicted octanol–water partition coefficient (Wildman–Crippen LogP) is 3.84. The van der Waals surface area contributed by atoms with Crippen molar-refractivity contribution >= 4 is 29.2 Å². The average Bonchev–Trinajstić information content (AvgIpc) is 2.36.